The van der Waals surface area contributed by atoms with Gasteiger partial charge in [-0.15, -0.1) is 0 Å². The van der Waals surface area contributed by atoms with Crippen LogP contribution in [0.1, 0.15) is 15.9 Å². The van der Waals surface area contributed by atoms with Gasteiger partial charge in [0.05, 0.1) is 16.7 Å². The van der Waals surface area contributed by atoms with Crippen LogP contribution in [0.3, 0.4) is 0 Å². The van der Waals surface area contributed by atoms with Gasteiger partial charge in [0.25, 0.3) is 5.91 Å². The van der Waals surface area contributed by atoms with E-state index < -0.39 is 23.4 Å². The van der Waals surface area contributed by atoms with E-state index in [2.05, 4.69) is 10.5 Å². The van der Waals surface area contributed by atoms with Crippen molar-refractivity contribution in [3.8, 4) is 11.5 Å². The summed E-state index contributed by atoms with van der Waals surface area (Å²) in [7, 11) is 0. The number of para-hydroxylation sites is 2. The topological polar surface area (TPSA) is 120 Å². The van der Waals surface area contributed by atoms with Gasteiger partial charge in [0, 0.05) is 11.1 Å². The molecule has 0 saturated carbocycles. The molecule has 0 aliphatic carbocycles. The molecule has 0 spiro atoms. The second kappa shape index (κ2) is 10.7. The second-order valence-corrected chi connectivity index (χ2v) is 6.71. The second-order valence-electron chi connectivity index (χ2n) is 6.28. The van der Waals surface area contributed by atoms with Crippen molar-refractivity contribution in [2.75, 3.05) is 6.61 Å². The normalized spacial score (nSPS) is 10.5. The average molecular weight is 454 g/mol. The lowest BCUT2D eigenvalue weighted by atomic mass is 10.2. The van der Waals surface area contributed by atoms with E-state index in [1.165, 1.54) is 30.5 Å². The summed E-state index contributed by atoms with van der Waals surface area (Å²) in [6, 6.07) is 18.6. The predicted octanol–water partition coefficient (Wildman–Crippen LogP) is 4.00. The molecular formula is C22H16ClN3O6. The smallest absolute Gasteiger partial charge is 0.343 e. The monoisotopic (exact) mass is 453 g/mol. The average Bonchev–Trinajstić information content (AvgIpc) is 2.79. The minimum absolute atomic E-state index is 0.0143. The van der Waals surface area contributed by atoms with Crippen LogP contribution < -0.4 is 14.9 Å². The first-order valence-corrected chi connectivity index (χ1v) is 9.56. The van der Waals surface area contributed by atoms with Crippen LogP contribution in [-0.4, -0.2) is 29.6 Å². The van der Waals surface area contributed by atoms with Crippen LogP contribution in [-0.2, 0) is 4.79 Å². The van der Waals surface area contributed by atoms with Crippen molar-refractivity contribution in [2.45, 2.75) is 0 Å². The number of hydrazone groups is 1. The maximum atomic E-state index is 12.1. The van der Waals surface area contributed by atoms with Gasteiger partial charge in [-0.25, -0.2) is 10.2 Å². The Morgan fingerprint density at radius 1 is 1.06 bits per heavy atom. The van der Waals surface area contributed by atoms with E-state index in [0.29, 0.717) is 21.9 Å². The van der Waals surface area contributed by atoms with E-state index in [1.54, 1.807) is 48.5 Å². The van der Waals surface area contributed by atoms with Gasteiger partial charge in [0.15, 0.2) is 12.4 Å². The maximum absolute atomic E-state index is 12.1. The van der Waals surface area contributed by atoms with Crippen molar-refractivity contribution in [2.24, 2.45) is 5.10 Å². The number of nitrogens with one attached hydrogen (secondary N) is 1. The lowest BCUT2D eigenvalue weighted by Gasteiger charge is -2.05. The van der Waals surface area contributed by atoms with Gasteiger partial charge >= 0.3 is 11.7 Å². The lowest BCUT2D eigenvalue weighted by molar-refractivity contribution is -0.385. The highest BCUT2D eigenvalue weighted by atomic mass is 35.5. The van der Waals surface area contributed by atoms with Crippen LogP contribution in [0.25, 0.3) is 0 Å². The molecule has 3 aromatic rings. The molecule has 162 valence electrons. The molecule has 0 aromatic heterocycles. The number of nitro groups is 1. The predicted molar refractivity (Wildman–Crippen MR) is 117 cm³/mol. The summed E-state index contributed by atoms with van der Waals surface area (Å²) < 4.78 is 10.5. The highest BCUT2D eigenvalue weighted by Crippen LogP contribution is 2.25. The molecule has 1 N–H and O–H groups in total. The summed E-state index contributed by atoms with van der Waals surface area (Å²) in [5.41, 5.74) is 2.98. The number of amides is 1. The quantitative estimate of drug-likeness (QED) is 0.181. The van der Waals surface area contributed by atoms with Crippen molar-refractivity contribution in [3.05, 3.63) is 99.1 Å². The zero-order valence-electron chi connectivity index (χ0n) is 16.4. The third kappa shape index (κ3) is 6.38. The van der Waals surface area contributed by atoms with Crippen LogP contribution in [0.2, 0.25) is 5.02 Å². The van der Waals surface area contributed by atoms with Crippen molar-refractivity contribution in [1.82, 2.24) is 5.43 Å². The first kappa shape index (κ1) is 22.4. The molecule has 0 radical (unpaired) electrons. The maximum Gasteiger partial charge on any atom is 0.343 e. The Kier molecular flexibility index (Phi) is 7.50. The summed E-state index contributed by atoms with van der Waals surface area (Å²) in [6.07, 6.45) is 1.38. The van der Waals surface area contributed by atoms with Crippen LogP contribution in [0.5, 0.6) is 11.5 Å². The summed E-state index contributed by atoms with van der Waals surface area (Å²) in [5, 5.41) is 15.2. The van der Waals surface area contributed by atoms with Gasteiger partial charge in [-0.05, 0) is 54.1 Å². The van der Waals surface area contributed by atoms with Gasteiger partial charge in [-0.2, -0.15) is 5.10 Å². The molecule has 0 aliphatic rings. The van der Waals surface area contributed by atoms with Crippen molar-refractivity contribution < 1.29 is 24.0 Å². The molecule has 3 aromatic carbocycles. The SMILES string of the molecule is O=C(COc1ccccc1[N+](=O)[O-])NN=Cc1ccc(OC(=O)c2cccc(Cl)c2)cc1. The number of benzene rings is 3. The zero-order valence-corrected chi connectivity index (χ0v) is 17.2. The van der Waals surface area contributed by atoms with Gasteiger partial charge in [-0.3, -0.25) is 14.9 Å². The first-order chi connectivity index (χ1) is 15.4. The van der Waals surface area contributed by atoms with E-state index in [9.17, 15) is 19.7 Å². The van der Waals surface area contributed by atoms with Gasteiger partial charge in [-0.1, -0.05) is 29.8 Å². The van der Waals surface area contributed by atoms with E-state index in [0.717, 1.165) is 0 Å². The summed E-state index contributed by atoms with van der Waals surface area (Å²) in [6.45, 7) is -0.444. The van der Waals surface area contributed by atoms with Gasteiger partial charge < -0.3 is 9.47 Å². The number of carbonyl (C=O) groups excluding carboxylic acids is 2. The Hall–Kier alpha value is -4.24. The van der Waals surface area contributed by atoms with Crippen molar-refractivity contribution in [3.63, 3.8) is 0 Å². The number of esters is 1. The lowest BCUT2D eigenvalue weighted by Crippen LogP contribution is -2.24. The molecule has 0 bridgehead atoms. The Bertz CT molecular complexity index is 1160. The summed E-state index contributed by atoms with van der Waals surface area (Å²) >= 11 is 5.87. The molecule has 9 nitrogen and oxygen atoms in total. The highest BCUT2D eigenvalue weighted by molar-refractivity contribution is 6.30. The van der Waals surface area contributed by atoms with Crippen LogP contribution in [0.15, 0.2) is 77.9 Å². The molecule has 10 heteroatoms. The molecule has 0 unspecified atom stereocenters. The molecule has 0 heterocycles. The molecule has 1 amide bonds. The van der Waals surface area contributed by atoms with E-state index >= 15 is 0 Å². The van der Waals surface area contributed by atoms with E-state index in [-0.39, 0.29) is 11.4 Å². The Labute approximate surface area is 187 Å². The summed E-state index contributed by atoms with van der Waals surface area (Å²) in [5.74, 6) is -0.820. The number of rotatable bonds is 8. The molecular weight excluding hydrogens is 438 g/mol. The van der Waals surface area contributed by atoms with Crippen molar-refractivity contribution >= 4 is 35.4 Å². The number of hydrogen-bond donors (Lipinski definition) is 1. The Morgan fingerprint density at radius 3 is 2.53 bits per heavy atom. The van der Waals surface area contributed by atoms with Crippen LogP contribution in [0, 0.1) is 10.1 Å². The highest BCUT2D eigenvalue weighted by Gasteiger charge is 2.14. The first-order valence-electron chi connectivity index (χ1n) is 9.18. The molecule has 0 saturated heterocycles. The fraction of sp³-hybridized carbons (Fsp3) is 0.0455. The number of carbonyl (C=O) groups is 2. The van der Waals surface area contributed by atoms with Gasteiger partial charge in [0.2, 0.25) is 0 Å². The van der Waals surface area contributed by atoms with Crippen LogP contribution in [0.4, 0.5) is 5.69 Å². The largest absolute Gasteiger partial charge is 0.477 e. The molecule has 0 atom stereocenters. The Balaban J connectivity index is 1.49. The summed E-state index contributed by atoms with van der Waals surface area (Å²) in [4.78, 5) is 34.3. The fourth-order valence-corrected chi connectivity index (χ4v) is 2.68. The fourth-order valence-electron chi connectivity index (χ4n) is 2.49. The molecule has 3 rings (SSSR count). The third-order valence-corrected chi connectivity index (χ3v) is 4.21. The molecule has 0 fully saturated rings. The number of ether oxygens (including phenoxy) is 2. The van der Waals surface area contributed by atoms with Crippen molar-refractivity contribution in [1.29, 1.82) is 0 Å². The zero-order chi connectivity index (χ0) is 22.9. The Morgan fingerprint density at radius 2 is 1.81 bits per heavy atom. The number of halogens is 1. The standard InChI is InChI=1S/C22H16ClN3O6/c23-17-5-3-4-16(12-17)22(28)32-18-10-8-15(9-11-18)13-24-25-21(27)14-31-20-7-2-1-6-19(20)26(29)30/h1-13H,14H2,(H,25,27). The van der Waals surface area contributed by atoms with Crippen LogP contribution >= 0.6 is 11.6 Å². The number of hydrogen-bond acceptors (Lipinski definition) is 7. The third-order valence-electron chi connectivity index (χ3n) is 3.97. The minimum Gasteiger partial charge on any atom is -0.477 e. The van der Waals surface area contributed by atoms with E-state index in [1.807, 2.05) is 0 Å². The molecule has 32 heavy (non-hydrogen) atoms. The number of nitrogens with zero attached hydrogens (tertiary/aromatic N) is 2. The molecule has 0 aliphatic heterocycles. The minimum atomic E-state index is -0.596. The number of nitro benzene ring substituents is 1. The van der Waals surface area contributed by atoms with Gasteiger partial charge in [0.1, 0.15) is 5.75 Å². The van der Waals surface area contributed by atoms with E-state index in [4.69, 9.17) is 21.1 Å².